The maximum absolute atomic E-state index is 14.4. The van der Waals surface area contributed by atoms with Gasteiger partial charge in [-0.3, -0.25) is 0 Å². The molecule has 0 amide bonds. The van der Waals surface area contributed by atoms with E-state index in [-0.39, 0.29) is 23.2 Å². The van der Waals surface area contributed by atoms with Crippen LogP contribution in [-0.2, 0) is 0 Å². The predicted molar refractivity (Wildman–Crippen MR) is 85.3 cm³/mol. The van der Waals surface area contributed by atoms with Gasteiger partial charge in [-0.05, 0) is 32.9 Å². The highest BCUT2D eigenvalue weighted by Gasteiger charge is 2.18. The third-order valence-electron chi connectivity index (χ3n) is 3.68. The third kappa shape index (κ3) is 2.52. The van der Waals surface area contributed by atoms with E-state index < -0.39 is 11.6 Å². The number of hydrogen-bond donors (Lipinski definition) is 1. The highest BCUT2D eigenvalue weighted by molar-refractivity contribution is 5.83. The van der Waals surface area contributed by atoms with E-state index in [1.54, 1.807) is 13.1 Å². The highest BCUT2D eigenvalue weighted by Crippen LogP contribution is 2.30. The first kappa shape index (κ1) is 15.3. The lowest BCUT2D eigenvalue weighted by Gasteiger charge is -2.12. The molecule has 0 spiro atoms. The number of anilines is 1. The molecule has 2 heterocycles. The van der Waals surface area contributed by atoms with Gasteiger partial charge in [-0.25, -0.2) is 23.7 Å². The van der Waals surface area contributed by atoms with E-state index in [0.29, 0.717) is 16.9 Å². The van der Waals surface area contributed by atoms with Crippen molar-refractivity contribution in [2.75, 3.05) is 12.4 Å². The number of hydrogen-bond acceptors (Lipinski definition) is 4. The van der Waals surface area contributed by atoms with Crippen LogP contribution in [0.1, 0.15) is 25.7 Å². The molecule has 1 N–H and O–H groups in total. The molecule has 3 rings (SSSR count). The minimum Gasteiger partial charge on any atom is -0.357 e. The molecule has 0 fully saturated rings. The molecule has 0 aliphatic carbocycles. The molecule has 3 aromatic rings. The summed E-state index contributed by atoms with van der Waals surface area (Å²) in [5.74, 6) is -0.111. The van der Waals surface area contributed by atoms with Gasteiger partial charge in [0.2, 0.25) is 5.95 Å². The van der Waals surface area contributed by atoms with E-state index in [0.717, 1.165) is 6.20 Å². The van der Waals surface area contributed by atoms with Crippen molar-refractivity contribution in [3.63, 3.8) is 0 Å². The van der Waals surface area contributed by atoms with Crippen molar-refractivity contribution in [1.82, 2.24) is 19.5 Å². The van der Waals surface area contributed by atoms with Crippen molar-refractivity contribution in [1.29, 1.82) is 0 Å². The molecule has 5 nitrogen and oxygen atoms in total. The maximum atomic E-state index is 14.4. The zero-order valence-electron chi connectivity index (χ0n) is 13.4. The zero-order chi connectivity index (χ0) is 16.7. The Morgan fingerprint density at radius 1 is 1.13 bits per heavy atom. The molecule has 0 unspecified atom stereocenters. The number of halogens is 2. The Hall–Kier alpha value is -2.57. The van der Waals surface area contributed by atoms with Crippen molar-refractivity contribution in [2.45, 2.75) is 26.8 Å². The fourth-order valence-electron chi connectivity index (χ4n) is 2.75. The molecule has 0 saturated heterocycles. The Balaban J connectivity index is 2.29. The first-order valence-corrected chi connectivity index (χ1v) is 7.31. The Morgan fingerprint density at radius 3 is 2.52 bits per heavy atom. The van der Waals surface area contributed by atoms with E-state index in [4.69, 9.17) is 0 Å². The smallest absolute Gasteiger partial charge is 0.223 e. The summed E-state index contributed by atoms with van der Waals surface area (Å²) in [6.07, 6.45) is 1.07. The lowest BCUT2D eigenvalue weighted by Crippen LogP contribution is -2.03. The number of rotatable bonds is 3. The first-order valence-electron chi connectivity index (χ1n) is 7.31. The van der Waals surface area contributed by atoms with Crippen LogP contribution >= 0.6 is 0 Å². The van der Waals surface area contributed by atoms with Gasteiger partial charge in [0.05, 0.1) is 11.7 Å². The van der Waals surface area contributed by atoms with Crippen molar-refractivity contribution in [2.24, 2.45) is 0 Å². The molecule has 0 saturated carbocycles. The van der Waals surface area contributed by atoms with Crippen LogP contribution in [0.2, 0.25) is 0 Å². The van der Waals surface area contributed by atoms with Crippen molar-refractivity contribution in [3.8, 4) is 11.3 Å². The fourth-order valence-corrected chi connectivity index (χ4v) is 2.75. The molecule has 1 aromatic carbocycles. The molecule has 0 bridgehead atoms. The second-order valence-corrected chi connectivity index (χ2v) is 5.59. The Bertz CT molecular complexity index is 886. The van der Waals surface area contributed by atoms with Crippen LogP contribution in [0.3, 0.4) is 0 Å². The molecule has 2 aromatic heterocycles. The molecule has 23 heavy (non-hydrogen) atoms. The number of aryl methyl sites for hydroxylation is 1. The first-order chi connectivity index (χ1) is 10.9. The number of aromatic nitrogens is 4. The lowest BCUT2D eigenvalue weighted by molar-refractivity contribution is 0.600. The number of benzene rings is 1. The van der Waals surface area contributed by atoms with Crippen LogP contribution < -0.4 is 5.32 Å². The summed E-state index contributed by atoms with van der Waals surface area (Å²) in [5.41, 5.74) is 1.31. The second kappa shape index (κ2) is 5.57. The predicted octanol–water partition coefficient (Wildman–Crippen LogP) is 3.70. The van der Waals surface area contributed by atoms with Crippen LogP contribution in [0.4, 0.5) is 14.7 Å². The number of imidazole rings is 1. The minimum atomic E-state index is -0.602. The van der Waals surface area contributed by atoms with Gasteiger partial charge < -0.3 is 9.88 Å². The highest BCUT2D eigenvalue weighted by atomic mass is 19.1. The minimum absolute atomic E-state index is 0.0549. The maximum Gasteiger partial charge on any atom is 0.223 e. The summed E-state index contributed by atoms with van der Waals surface area (Å²) in [4.78, 5) is 12.2. The van der Waals surface area contributed by atoms with Gasteiger partial charge in [0.15, 0.2) is 11.6 Å². The third-order valence-corrected chi connectivity index (χ3v) is 3.68. The summed E-state index contributed by atoms with van der Waals surface area (Å²) in [7, 11) is 1.64. The molecule has 7 heteroatoms. The van der Waals surface area contributed by atoms with Crippen LogP contribution in [0.25, 0.3) is 22.3 Å². The van der Waals surface area contributed by atoms with Gasteiger partial charge in [-0.2, -0.15) is 0 Å². The Morgan fingerprint density at radius 2 is 1.87 bits per heavy atom. The van der Waals surface area contributed by atoms with E-state index in [1.807, 2.05) is 25.3 Å². The largest absolute Gasteiger partial charge is 0.357 e. The van der Waals surface area contributed by atoms with Gasteiger partial charge in [0.25, 0.3) is 0 Å². The second-order valence-electron chi connectivity index (χ2n) is 5.59. The quantitative estimate of drug-likeness (QED) is 0.800. The van der Waals surface area contributed by atoms with E-state index in [1.165, 1.54) is 6.07 Å². The normalized spacial score (nSPS) is 11.4. The molecular formula is C16H17F2N5. The average molecular weight is 317 g/mol. The molecule has 0 atom stereocenters. The Kier molecular flexibility index (Phi) is 3.71. The van der Waals surface area contributed by atoms with E-state index >= 15 is 0 Å². The van der Waals surface area contributed by atoms with Crippen LogP contribution in [0.15, 0.2) is 18.3 Å². The SMILES string of the molecule is CNc1ncc(F)c(-c2cc(F)c3nc(C)n(C(C)C)c3c2)n1. The molecular weight excluding hydrogens is 300 g/mol. The van der Waals surface area contributed by atoms with Gasteiger partial charge in [-0.1, -0.05) is 0 Å². The van der Waals surface area contributed by atoms with E-state index in [2.05, 4.69) is 20.3 Å². The topological polar surface area (TPSA) is 55.6 Å². The molecule has 0 aliphatic heterocycles. The van der Waals surface area contributed by atoms with Crippen molar-refractivity contribution < 1.29 is 8.78 Å². The summed E-state index contributed by atoms with van der Waals surface area (Å²) < 4.78 is 30.5. The number of nitrogens with one attached hydrogen (secondary N) is 1. The fraction of sp³-hybridized carbons (Fsp3) is 0.312. The van der Waals surface area contributed by atoms with Gasteiger partial charge in [0.1, 0.15) is 17.0 Å². The van der Waals surface area contributed by atoms with Crippen molar-refractivity contribution in [3.05, 3.63) is 35.8 Å². The zero-order valence-corrected chi connectivity index (χ0v) is 13.4. The lowest BCUT2D eigenvalue weighted by atomic mass is 10.1. The van der Waals surface area contributed by atoms with Gasteiger partial charge >= 0.3 is 0 Å². The summed E-state index contributed by atoms with van der Waals surface area (Å²) in [6.45, 7) is 5.80. The van der Waals surface area contributed by atoms with Crippen LogP contribution in [-0.4, -0.2) is 26.6 Å². The standard InChI is InChI=1S/C16H17F2N5/c1-8(2)23-9(3)21-15-11(17)5-10(6-13(15)23)14-12(18)7-20-16(19-4)22-14/h5-8H,1-4H3,(H,19,20,22). The average Bonchev–Trinajstić information content (AvgIpc) is 2.84. The molecule has 120 valence electrons. The molecule has 0 radical (unpaired) electrons. The monoisotopic (exact) mass is 317 g/mol. The number of fused-ring (bicyclic) bond motifs is 1. The van der Waals surface area contributed by atoms with E-state index in [9.17, 15) is 8.78 Å². The molecule has 0 aliphatic rings. The van der Waals surface area contributed by atoms with Crippen LogP contribution in [0.5, 0.6) is 0 Å². The van der Waals surface area contributed by atoms with Gasteiger partial charge in [-0.15, -0.1) is 0 Å². The summed E-state index contributed by atoms with van der Waals surface area (Å²) in [6, 6.07) is 3.07. The summed E-state index contributed by atoms with van der Waals surface area (Å²) in [5, 5.41) is 2.75. The van der Waals surface area contributed by atoms with Gasteiger partial charge in [0, 0.05) is 18.7 Å². The van der Waals surface area contributed by atoms with Crippen LogP contribution in [0, 0.1) is 18.6 Å². The van der Waals surface area contributed by atoms with Crippen molar-refractivity contribution >= 4 is 17.0 Å². The number of nitrogens with zero attached hydrogens (tertiary/aromatic N) is 4. The summed E-state index contributed by atoms with van der Waals surface area (Å²) >= 11 is 0. The Labute approximate surface area is 132 Å².